The van der Waals surface area contributed by atoms with Gasteiger partial charge in [-0.2, -0.15) is 0 Å². The smallest absolute Gasteiger partial charge is 0.0386 e. The van der Waals surface area contributed by atoms with Gasteiger partial charge in [-0.1, -0.05) is 84.5 Å². The van der Waals surface area contributed by atoms with Gasteiger partial charge in [0.2, 0.25) is 0 Å². The predicted octanol–water partition coefficient (Wildman–Crippen LogP) is 5.52. The molecule has 0 spiro atoms. The molecule has 1 radical (unpaired) electrons. The van der Waals surface area contributed by atoms with Crippen molar-refractivity contribution in [3.05, 3.63) is 6.42 Å². The van der Waals surface area contributed by atoms with Gasteiger partial charge in [0.25, 0.3) is 0 Å². The van der Waals surface area contributed by atoms with E-state index in [9.17, 15) is 0 Å². The third kappa shape index (κ3) is 12.0. The van der Waals surface area contributed by atoms with Crippen molar-refractivity contribution in [3.8, 4) is 0 Å². The Balaban J connectivity index is 2.78. The summed E-state index contributed by atoms with van der Waals surface area (Å²) >= 11 is 0. The van der Waals surface area contributed by atoms with Gasteiger partial charge in [-0.3, -0.25) is 0 Å². The molecular weight excluding hydrogens is 168 g/mol. The van der Waals surface area contributed by atoms with Gasteiger partial charge >= 0.3 is 0 Å². The Labute approximate surface area is 91.5 Å². The average molecular weight is 197 g/mol. The zero-order valence-electron chi connectivity index (χ0n) is 10.4. The molecule has 0 aromatic heterocycles. The molecule has 0 aliphatic rings. The van der Waals surface area contributed by atoms with E-state index < -0.39 is 0 Å². The van der Waals surface area contributed by atoms with E-state index in [0.717, 1.165) is 0 Å². The summed E-state index contributed by atoms with van der Waals surface area (Å²) in [7, 11) is 0. The molecule has 0 aliphatic carbocycles. The van der Waals surface area contributed by atoms with Crippen LogP contribution >= 0.6 is 0 Å². The highest BCUT2D eigenvalue weighted by atomic mass is 14.0. The molecule has 0 heteroatoms. The number of hydrogen-bond donors (Lipinski definition) is 0. The fourth-order valence-corrected chi connectivity index (χ4v) is 1.74. The van der Waals surface area contributed by atoms with Crippen molar-refractivity contribution < 1.29 is 0 Å². The molecule has 0 fully saturated rings. The highest BCUT2D eigenvalue weighted by Crippen LogP contribution is 2.10. The zero-order valence-corrected chi connectivity index (χ0v) is 10.4. The van der Waals surface area contributed by atoms with E-state index in [4.69, 9.17) is 0 Å². The summed E-state index contributed by atoms with van der Waals surface area (Å²) in [6, 6.07) is 0. The standard InChI is InChI=1S/C14H29/c1-3-5-7-9-11-13-14-12-10-8-6-4-2/h9H,3-8,10-14H2,1-2H3. The van der Waals surface area contributed by atoms with Crippen molar-refractivity contribution in [2.75, 3.05) is 0 Å². The molecule has 85 valence electrons. The van der Waals surface area contributed by atoms with Gasteiger partial charge in [0.05, 0.1) is 0 Å². The Morgan fingerprint density at radius 2 is 1.07 bits per heavy atom. The molecular formula is C14H29. The van der Waals surface area contributed by atoms with Crippen LogP contribution in [0.25, 0.3) is 0 Å². The molecule has 0 aliphatic heterocycles. The van der Waals surface area contributed by atoms with Crippen LogP contribution in [0.2, 0.25) is 0 Å². The molecule has 0 atom stereocenters. The lowest BCUT2D eigenvalue weighted by Gasteiger charge is -2.01. The molecule has 0 bridgehead atoms. The van der Waals surface area contributed by atoms with Gasteiger partial charge in [-0.05, 0) is 6.42 Å². The first kappa shape index (κ1) is 14.0. The lowest BCUT2D eigenvalue weighted by atomic mass is 10.1. The van der Waals surface area contributed by atoms with Crippen LogP contribution in [0.1, 0.15) is 84.5 Å². The van der Waals surface area contributed by atoms with Gasteiger partial charge < -0.3 is 0 Å². The maximum absolute atomic E-state index is 2.48. The maximum atomic E-state index is 2.48. The maximum Gasteiger partial charge on any atom is -0.0386 e. The molecule has 0 rings (SSSR count). The molecule has 0 saturated carbocycles. The van der Waals surface area contributed by atoms with Gasteiger partial charge in [0.1, 0.15) is 0 Å². The summed E-state index contributed by atoms with van der Waals surface area (Å²) in [6.07, 6.45) is 18.0. The van der Waals surface area contributed by atoms with Crippen molar-refractivity contribution in [2.24, 2.45) is 0 Å². The molecule has 0 N–H and O–H groups in total. The van der Waals surface area contributed by atoms with E-state index in [1.807, 2.05) is 0 Å². The van der Waals surface area contributed by atoms with Crippen LogP contribution in [0, 0.1) is 6.42 Å². The predicted molar refractivity (Wildman–Crippen MR) is 66.4 cm³/mol. The topological polar surface area (TPSA) is 0 Å². The number of rotatable bonds is 11. The Morgan fingerprint density at radius 1 is 0.571 bits per heavy atom. The summed E-state index contributed by atoms with van der Waals surface area (Å²) in [4.78, 5) is 0. The third-order valence-corrected chi connectivity index (χ3v) is 2.77. The van der Waals surface area contributed by atoms with Crippen molar-refractivity contribution in [1.29, 1.82) is 0 Å². The summed E-state index contributed by atoms with van der Waals surface area (Å²) in [5.41, 5.74) is 0. The minimum Gasteiger partial charge on any atom is -0.0654 e. The molecule has 14 heavy (non-hydrogen) atoms. The van der Waals surface area contributed by atoms with Crippen molar-refractivity contribution in [3.63, 3.8) is 0 Å². The van der Waals surface area contributed by atoms with Crippen LogP contribution in [-0.2, 0) is 0 Å². The molecule has 0 aromatic carbocycles. The second kappa shape index (κ2) is 13.0. The second-order valence-electron chi connectivity index (χ2n) is 4.34. The Bertz CT molecular complexity index is 74.0. The first-order chi connectivity index (χ1) is 6.91. The summed E-state index contributed by atoms with van der Waals surface area (Å²) in [6.45, 7) is 4.55. The van der Waals surface area contributed by atoms with Crippen LogP contribution in [0.15, 0.2) is 0 Å². The largest absolute Gasteiger partial charge is 0.0654 e. The van der Waals surface area contributed by atoms with E-state index >= 15 is 0 Å². The van der Waals surface area contributed by atoms with Gasteiger partial charge in [-0.25, -0.2) is 0 Å². The van der Waals surface area contributed by atoms with E-state index in [1.54, 1.807) is 0 Å². The van der Waals surface area contributed by atoms with Gasteiger partial charge in [-0.15, -0.1) is 0 Å². The molecule has 0 heterocycles. The average Bonchev–Trinajstić information content (AvgIpc) is 2.21. The lowest BCUT2D eigenvalue weighted by Crippen LogP contribution is -1.82. The lowest BCUT2D eigenvalue weighted by molar-refractivity contribution is 0.582. The third-order valence-electron chi connectivity index (χ3n) is 2.77. The quantitative estimate of drug-likeness (QED) is 0.382. The number of unbranched alkanes of at least 4 members (excludes halogenated alkanes) is 11. The normalized spacial score (nSPS) is 10.7. The van der Waals surface area contributed by atoms with E-state index in [2.05, 4.69) is 20.3 Å². The Kier molecular flexibility index (Phi) is 13.0. The van der Waals surface area contributed by atoms with Crippen molar-refractivity contribution in [1.82, 2.24) is 0 Å². The van der Waals surface area contributed by atoms with E-state index in [1.165, 1.54) is 70.6 Å². The summed E-state index contributed by atoms with van der Waals surface area (Å²) < 4.78 is 0. The Morgan fingerprint density at radius 3 is 1.71 bits per heavy atom. The summed E-state index contributed by atoms with van der Waals surface area (Å²) in [5, 5.41) is 0. The van der Waals surface area contributed by atoms with Gasteiger partial charge in [0, 0.05) is 0 Å². The number of hydrogen-bond acceptors (Lipinski definition) is 0. The second-order valence-corrected chi connectivity index (χ2v) is 4.34. The van der Waals surface area contributed by atoms with Crippen molar-refractivity contribution in [2.45, 2.75) is 84.5 Å². The first-order valence-corrected chi connectivity index (χ1v) is 6.73. The van der Waals surface area contributed by atoms with E-state index in [-0.39, 0.29) is 0 Å². The minimum absolute atomic E-state index is 1.34. The van der Waals surface area contributed by atoms with Crippen LogP contribution in [0.3, 0.4) is 0 Å². The fraction of sp³-hybridized carbons (Fsp3) is 0.929. The van der Waals surface area contributed by atoms with Crippen LogP contribution in [0.5, 0.6) is 0 Å². The monoisotopic (exact) mass is 197 g/mol. The molecule has 0 aromatic rings. The van der Waals surface area contributed by atoms with Crippen LogP contribution in [0.4, 0.5) is 0 Å². The van der Waals surface area contributed by atoms with Gasteiger partial charge in [0.15, 0.2) is 0 Å². The highest BCUT2D eigenvalue weighted by molar-refractivity contribution is 4.63. The fourth-order valence-electron chi connectivity index (χ4n) is 1.74. The molecule has 0 amide bonds. The van der Waals surface area contributed by atoms with Crippen LogP contribution < -0.4 is 0 Å². The SMILES string of the molecule is CCCC[CH]CCCCCCCCC. The van der Waals surface area contributed by atoms with Crippen molar-refractivity contribution >= 4 is 0 Å². The molecule has 0 nitrogen and oxygen atoms in total. The highest BCUT2D eigenvalue weighted by Gasteiger charge is 1.91. The first-order valence-electron chi connectivity index (χ1n) is 6.73. The van der Waals surface area contributed by atoms with E-state index in [0.29, 0.717) is 0 Å². The minimum atomic E-state index is 1.34. The summed E-state index contributed by atoms with van der Waals surface area (Å²) in [5.74, 6) is 0. The Hall–Kier alpha value is 0. The molecule has 0 saturated heterocycles. The van der Waals surface area contributed by atoms with Crippen LogP contribution in [-0.4, -0.2) is 0 Å². The zero-order chi connectivity index (χ0) is 10.5. The molecule has 0 unspecified atom stereocenters.